The van der Waals surface area contributed by atoms with Crippen molar-refractivity contribution in [3.8, 4) is 0 Å². The van der Waals surface area contributed by atoms with Gasteiger partial charge in [-0.1, -0.05) is 24.8 Å². The first-order chi connectivity index (χ1) is 12.4. The number of allylic oxidation sites excluding steroid dienone is 5. The minimum atomic E-state index is -2.65. The van der Waals surface area contributed by atoms with Crippen LogP contribution in [0.25, 0.3) is 5.57 Å². The second kappa shape index (κ2) is 7.92. The molecule has 26 heavy (non-hydrogen) atoms. The van der Waals surface area contributed by atoms with Gasteiger partial charge in [-0.2, -0.15) is 8.78 Å². The van der Waals surface area contributed by atoms with Gasteiger partial charge in [0.05, 0.1) is 30.4 Å². The molecule has 2 unspecified atom stereocenters. The molecule has 1 saturated carbocycles. The van der Waals surface area contributed by atoms with E-state index >= 15 is 0 Å². The van der Waals surface area contributed by atoms with E-state index in [1.165, 1.54) is 22.6 Å². The first kappa shape index (κ1) is 19.7. The van der Waals surface area contributed by atoms with Crippen molar-refractivity contribution in [1.82, 2.24) is 9.55 Å². The van der Waals surface area contributed by atoms with Gasteiger partial charge in [0.15, 0.2) is 0 Å². The van der Waals surface area contributed by atoms with Gasteiger partial charge in [-0.25, -0.2) is 4.98 Å². The van der Waals surface area contributed by atoms with E-state index in [0.29, 0.717) is 32.1 Å². The normalized spacial score (nSPS) is 27.8. The van der Waals surface area contributed by atoms with Crippen molar-refractivity contribution in [2.24, 2.45) is 11.8 Å². The quantitative estimate of drug-likeness (QED) is 0.435. The highest BCUT2D eigenvalue weighted by atomic mass is 127. The molecular weight excluding hydrogens is 449 g/mol. The van der Waals surface area contributed by atoms with Crippen molar-refractivity contribution in [1.29, 1.82) is 0 Å². The molecule has 1 N–H and O–H groups in total. The van der Waals surface area contributed by atoms with Crippen LogP contribution < -0.4 is 0 Å². The van der Waals surface area contributed by atoms with E-state index in [1.807, 2.05) is 31.3 Å². The standard InChI is InChI=1S/C20H25F2IN2O/c1-3-5-16-15(4-2)17(25-12-24-11-18(16)25)10-19(26)13-6-8-14(9-7-13)20(21,22)23/h3-5,11-14,17,19,26H,2,6-10H2,1H3/b5-3-. The number of hydrogen-bond donors (Lipinski definition) is 1. The Morgan fingerprint density at radius 2 is 2.12 bits per heavy atom. The number of imidazole rings is 1. The topological polar surface area (TPSA) is 38.0 Å². The van der Waals surface area contributed by atoms with Gasteiger partial charge in [0.1, 0.15) is 0 Å². The van der Waals surface area contributed by atoms with Crippen LogP contribution in [0.15, 0.2) is 42.9 Å². The maximum absolute atomic E-state index is 13.5. The van der Waals surface area contributed by atoms with Gasteiger partial charge in [0.25, 0.3) is 3.93 Å². The first-order valence-corrected chi connectivity index (χ1v) is 10.2. The van der Waals surface area contributed by atoms with E-state index < -0.39 is 16.0 Å². The molecule has 1 aliphatic carbocycles. The summed E-state index contributed by atoms with van der Waals surface area (Å²) >= 11 is 1.25. The number of rotatable bonds is 6. The fraction of sp³-hybridized carbons (Fsp3) is 0.550. The summed E-state index contributed by atoms with van der Waals surface area (Å²) < 4.78 is 26.4. The Kier molecular flexibility index (Phi) is 6.01. The molecule has 3 rings (SSSR count). The lowest BCUT2D eigenvalue weighted by Crippen LogP contribution is -2.32. The Balaban J connectivity index is 1.72. The number of hydrogen-bond acceptors (Lipinski definition) is 2. The third kappa shape index (κ3) is 3.81. The Hall–Kier alpha value is -1.02. The lowest BCUT2D eigenvalue weighted by molar-refractivity contribution is 0.00223. The first-order valence-electron chi connectivity index (χ1n) is 9.13. The summed E-state index contributed by atoms with van der Waals surface area (Å²) in [5, 5.41) is 10.8. The third-order valence-electron chi connectivity index (χ3n) is 5.74. The number of fused-ring (bicyclic) bond motifs is 1. The monoisotopic (exact) mass is 474 g/mol. The molecule has 1 aliphatic heterocycles. The van der Waals surface area contributed by atoms with Crippen LogP contribution in [0.5, 0.6) is 0 Å². The zero-order valence-corrected chi connectivity index (χ0v) is 17.1. The number of alkyl halides is 3. The van der Waals surface area contributed by atoms with E-state index in [-0.39, 0.29) is 12.0 Å². The van der Waals surface area contributed by atoms with Crippen molar-refractivity contribution in [2.45, 2.75) is 55.1 Å². The van der Waals surface area contributed by atoms with Crippen molar-refractivity contribution in [3.63, 3.8) is 0 Å². The van der Waals surface area contributed by atoms with Crippen LogP contribution in [-0.2, 0) is 0 Å². The maximum atomic E-state index is 13.5. The van der Waals surface area contributed by atoms with E-state index in [9.17, 15) is 13.9 Å². The van der Waals surface area contributed by atoms with Gasteiger partial charge in [-0.15, -0.1) is 0 Å². The molecule has 142 valence electrons. The Morgan fingerprint density at radius 3 is 2.69 bits per heavy atom. The number of nitrogens with zero attached hydrogens (tertiary/aromatic N) is 2. The van der Waals surface area contributed by atoms with Crippen LogP contribution in [0.2, 0.25) is 0 Å². The molecule has 2 atom stereocenters. The molecule has 2 heterocycles. The number of aliphatic hydroxyl groups is 1. The highest BCUT2D eigenvalue weighted by Gasteiger charge is 2.40. The van der Waals surface area contributed by atoms with Gasteiger partial charge in [0.2, 0.25) is 0 Å². The summed E-state index contributed by atoms with van der Waals surface area (Å²) in [6.45, 7) is 5.92. The van der Waals surface area contributed by atoms with E-state index in [0.717, 1.165) is 16.8 Å². The van der Waals surface area contributed by atoms with Gasteiger partial charge >= 0.3 is 0 Å². The SMILES string of the molecule is C=CC1=C(/C=C\C)c2cncn2C1CC(O)C1CCC(C(F)(F)I)CC1. The van der Waals surface area contributed by atoms with Gasteiger partial charge in [-0.05, 0) is 73.1 Å². The lowest BCUT2D eigenvalue weighted by atomic mass is 9.78. The minimum absolute atomic E-state index is 0.00469. The molecule has 0 radical (unpaired) electrons. The summed E-state index contributed by atoms with van der Waals surface area (Å²) in [4.78, 5) is 4.25. The van der Waals surface area contributed by atoms with E-state index in [1.54, 1.807) is 6.33 Å². The summed E-state index contributed by atoms with van der Waals surface area (Å²) in [7, 11) is 0. The van der Waals surface area contributed by atoms with Crippen molar-refractivity contribution < 1.29 is 13.9 Å². The van der Waals surface area contributed by atoms with Crippen LogP contribution in [0.3, 0.4) is 0 Å². The number of halogens is 3. The average molecular weight is 474 g/mol. The molecule has 0 saturated heterocycles. The zero-order chi connectivity index (χ0) is 18.9. The molecular formula is C20H25F2IN2O. The number of aromatic nitrogens is 2. The minimum Gasteiger partial charge on any atom is -0.393 e. The van der Waals surface area contributed by atoms with Crippen molar-refractivity contribution >= 4 is 28.2 Å². The van der Waals surface area contributed by atoms with Crippen LogP contribution in [0.1, 0.15) is 50.8 Å². The third-order valence-corrected chi connectivity index (χ3v) is 6.63. The maximum Gasteiger partial charge on any atom is 0.299 e. The molecule has 0 spiro atoms. The molecule has 0 amide bonds. The van der Waals surface area contributed by atoms with Crippen molar-refractivity contribution in [2.75, 3.05) is 0 Å². The molecule has 0 bridgehead atoms. The zero-order valence-electron chi connectivity index (χ0n) is 14.9. The van der Waals surface area contributed by atoms with Crippen LogP contribution in [0, 0.1) is 11.8 Å². The molecule has 1 aromatic rings. The fourth-order valence-corrected chi connectivity index (χ4v) is 4.95. The number of aliphatic hydroxyl groups excluding tert-OH is 1. The van der Waals surface area contributed by atoms with Crippen LogP contribution in [0.4, 0.5) is 8.78 Å². The molecule has 6 heteroatoms. The van der Waals surface area contributed by atoms with E-state index in [2.05, 4.69) is 16.1 Å². The van der Waals surface area contributed by atoms with Crippen LogP contribution in [-0.4, -0.2) is 24.7 Å². The molecule has 1 aromatic heterocycles. The predicted octanol–water partition coefficient (Wildman–Crippen LogP) is 5.54. The predicted molar refractivity (Wildman–Crippen MR) is 108 cm³/mol. The van der Waals surface area contributed by atoms with E-state index in [4.69, 9.17) is 0 Å². The Bertz CT molecular complexity index is 712. The Labute approximate surface area is 167 Å². The summed E-state index contributed by atoms with van der Waals surface area (Å²) in [6, 6.07) is -0.00469. The highest BCUT2D eigenvalue weighted by Crippen LogP contribution is 2.45. The second-order valence-electron chi connectivity index (χ2n) is 7.23. The molecule has 1 fully saturated rings. The highest BCUT2D eigenvalue weighted by molar-refractivity contribution is 14.1. The van der Waals surface area contributed by atoms with Crippen LogP contribution >= 0.6 is 22.6 Å². The average Bonchev–Trinajstić information content (AvgIpc) is 3.17. The van der Waals surface area contributed by atoms with Gasteiger partial charge in [-0.3, -0.25) is 0 Å². The molecule has 2 aliphatic rings. The van der Waals surface area contributed by atoms with Gasteiger partial charge < -0.3 is 9.67 Å². The summed E-state index contributed by atoms with van der Waals surface area (Å²) in [5.74, 6) is -0.489. The molecule has 0 aromatic carbocycles. The van der Waals surface area contributed by atoms with Crippen molar-refractivity contribution in [3.05, 3.63) is 48.6 Å². The fourth-order valence-electron chi connectivity index (χ4n) is 4.33. The lowest BCUT2D eigenvalue weighted by Gasteiger charge is -2.34. The summed E-state index contributed by atoms with van der Waals surface area (Å²) in [5.41, 5.74) is 3.21. The largest absolute Gasteiger partial charge is 0.393 e. The smallest absolute Gasteiger partial charge is 0.299 e. The Morgan fingerprint density at radius 1 is 1.42 bits per heavy atom. The van der Waals surface area contributed by atoms with Gasteiger partial charge in [0, 0.05) is 11.5 Å². The molecule has 3 nitrogen and oxygen atoms in total. The summed E-state index contributed by atoms with van der Waals surface area (Å²) in [6.07, 6.45) is 11.8. The second-order valence-corrected chi connectivity index (χ2v) is 8.67.